The molecule has 3 saturated heterocycles. The van der Waals surface area contributed by atoms with Crippen molar-refractivity contribution in [2.24, 2.45) is 5.92 Å². The quantitative estimate of drug-likeness (QED) is 0.687. The third-order valence-corrected chi connectivity index (χ3v) is 7.11. The van der Waals surface area contributed by atoms with Crippen molar-refractivity contribution in [1.29, 1.82) is 0 Å². The van der Waals surface area contributed by atoms with Gasteiger partial charge in [0.25, 0.3) is 5.91 Å². The average Bonchev–Trinajstić information content (AvgIpc) is 3.10. The fourth-order valence-electron chi connectivity index (χ4n) is 5.36. The maximum atomic E-state index is 12.8. The number of ether oxygens (including phenoxy) is 1. The molecule has 0 aromatic heterocycles. The topological polar surface area (TPSA) is 91.0 Å². The molecule has 4 aliphatic heterocycles. The highest BCUT2D eigenvalue weighted by Gasteiger charge is 2.39. The Balaban J connectivity index is 1.19. The number of nitrogens with zero attached hydrogens (tertiary/aromatic N) is 2. The highest BCUT2D eigenvalue weighted by Crippen LogP contribution is 2.29. The third kappa shape index (κ3) is 4.24. The van der Waals surface area contributed by atoms with Gasteiger partial charge in [0, 0.05) is 38.2 Å². The molecule has 3 fully saturated rings. The van der Waals surface area contributed by atoms with E-state index in [-0.39, 0.29) is 24.1 Å². The molecular weight excluding hydrogens is 396 g/mol. The molecule has 31 heavy (non-hydrogen) atoms. The smallest absolute Gasteiger partial charge is 0.255 e. The Hall–Kier alpha value is -2.29. The fourth-order valence-corrected chi connectivity index (χ4v) is 5.36. The zero-order valence-electron chi connectivity index (χ0n) is 17.8. The predicted octanol–water partition coefficient (Wildman–Crippen LogP) is 0.648. The van der Waals surface area contributed by atoms with Crippen LogP contribution in [0.5, 0.6) is 0 Å². The molecule has 5 rings (SSSR count). The van der Waals surface area contributed by atoms with Crippen molar-refractivity contribution in [2.45, 2.75) is 50.9 Å². The third-order valence-electron chi connectivity index (χ3n) is 7.11. The molecule has 4 aliphatic rings. The molecule has 0 saturated carbocycles. The summed E-state index contributed by atoms with van der Waals surface area (Å²) in [5.74, 6) is -0.109. The van der Waals surface area contributed by atoms with Crippen molar-refractivity contribution in [3.8, 4) is 0 Å². The zero-order chi connectivity index (χ0) is 21.4. The summed E-state index contributed by atoms with van der Waals surface area (Å²) >= 11 is 0. The minimum Gasteiger partial charge on any atom is -0.375 e. The number of piperidine rings is 2. The van der Waals surface area contributed by atoms with Gasteiger partial charge in [-0.15, -0.1) is 0 Å². The molecule has 1 aromatic rings. The summed E-state index contributed by atoms with van der Waals surface area (Å²) in [5, 5.41) is 5.79. The van der Waals surface area contributed by atoms with Crippen molar-refractivity contribution in [1.82, 2.24) is 20.4 Å². The molecule has 0 aliphatic carbocycles. The number of hydrogen-bond donors (Lipinski definition) is 2. The number of morpholine rings is 1. The maximum absolute atomic E-state index is 12.8. The van der Waals surface area contributed by atoms with Gasteiger partial charge in [-0.05, 0) is 55.5 Å². The predicted molar refractivity (Wildman–Crippen MR) is 113 cm³/mol. The normalized spacial score (nSPS) is 28.0. The monoisotopic (exact) mass is 426 g/mol. The van der Waals surface area contributed by atoms with Crippen molar-refractivity contribution in [2.75, 3.05) is 32.8 Å². The molecule has 0 radical (unpaired) electrons. The van der Waals surface area contributed by atoms with Gasteiger partial charge in [-0.25, -0.2) is 0 Å². The number of likely N-dealkylation sites (tertiary alicyclic amines) is 1. The second-order valence-corrected chi connectivity index (χ2v) is 9.12. The van der Waals surface area contributed by atoms with Crippen LogP contribution in [0.15, 0.2) is 18.2 Å². The first-order chi connectivity index (χ1) is 15.1. The number of carbonyl (C=O) groups is 3. The Kier molecular flexibility index (Phi) is 5.77. The van der Waals surface area contributed by atoms with E-state index in [0.29, 0.717) is 30.6 Å². The van der Waals surface area contributed by atoms with E-state index in [0.717, 1.165) is 57.7 Å². The Bertz CT molecular complexity index is 874. The largest absolute Gasteiger partial charge is 0.375 e. The molecule has 4 heterocycles. The number of carbonyl (C=O) groups excluding carboxylic acids is 3. The first kappa shape index (κ1) is 20.6. The van der Waals surface area contributed by atoms with Crippen LogP contribution in [0.3, 0.4) is 0 Å². The van der Waals surface area contributed by atoms with Gasteiger partial charge >= 0.3 is 0 Å². The van der Waals surface area contributed by atoms with Crippen LogP contribution in [0.2, 0.25) is 0 Å². The summed E-state index contributed by atoms with van der Waals surface area (Å²) in [5.41, 5.74) is 2.85. The molecule has 2 N–H and O–H groups in total. The molecule has 166 valence electrons. The van der Waals surface area contributed by atoms with Crippen LogP contribution in [0.25, 0.3) is 0 Å². The van der Waals surface area contributed by atoms with Gasteiger partial charge in [0.05, 0.1) is 12.7 Å². The summed E-state index contributed by atoms with van der Waals surface area (Å²) in [6.45, 7) is 6.16. The molecule has 8 nitrogen and oxygen atoms in total. The second kappa shape index (κ2) is 8.68. The zero-order valence-corrected chi connectivity index (χ0v) is 17.8. The number of hydrogen-bond acceptors (Lipinski definition) is 6. The number of amides is 3. The highest BCUT2D eigenvalue weighted by atomic mass is 16.5. The first-order valence-corrected chi connectivity index (χ1v) is 11.4. The van der Waals surface area contributed by atoms with Gasteiger partial charge in [-0.3, -0.25) is 24.6 Å². The molecule has 3 amide bonds. The van der Waals surface area contributed by atoms with E-state index in [9.17, 15) is 14.4 Å². The Morgan fingerprint density at radius 1 is 1.10 bits per heavy atom. The van der Waals surface area contributed by atoms with E-state index in [1.54, 1.807) is 4.90 Å². The Labute approximate surface area is 182 Å². The van der Waals surface area contributed by atoms with Crippen molar-refractivity contribution in [3.63, 3.8) is 0 Å². The lowest BCUT2D eigenvalue weighted by molar-refractivity contribution is -0.136. The molecule has 1 aromatic carbocycles. The number of fused-ring (bicyclic) bond motifs is 1. The highest BCUT2D eigenvalue weighted by molar-refractivity contribution is 6.05. The first-order valence-electron chi connectivity index (χ1n) is 11.4. The van der Waals surface area contributed by atoms with Gasteiger partial charge in [0.15, 0.2) is 0 Å². The minimum absolute atomic E-state index is 0.113. The number of imide groups is 1. The number of nitrogens with one attached hydrogen (secondary N) is 2. The molecule has 0 spiro atoms. The van der Waals surface area contributed by atoms with Crippen molar-refractivity contribution >= 4 is 17.7 Å². The van der Waals surface area contributed by atoms with Crippen molar-refractivity contribution < 1.29 is 19.1 Å². The summed E-state index contributed by atoms with van der Waals surface area (Å²) in [7, 11) is 0. The van der Waals surface area contributed by atoms with Gasteiger partial charge < -0.3 is 15.0 Å². The van der Waals surface area contributed by atoms with Crippen LogP contribution >= 0.6 is 0 Å². The summed E-state index contributed by atoms with van der Waals surface area (Å²) in [6, 6.07) is 5.48. The minimum atomic E-state index is -0.559. The molecule has 2 unspecified atom stereocenters. The van der Waals surface area contributed by atoms with E-state index < -0.39 is 6.04 Å². The lowest BCUT2D eigenvalue weighted by atomic mass is 9.90. The second-order valence-electron chi connectivity index (χ2n) is 9.12. The van der Waals surface area contributed by atoms with Crippen molar-refractivity contribution in [3.05, 3.63) is 34.9 Å². The Morgan fingerprint density at radius 3 is 2.68 bits per heavy atom. The van der Waals surface area contributed by atoms with Crippen LogP contribution in [0, 0.1) is 5.92 Å². The average molecular weight is 427 g/mol. The van der Waals surface area contributed by atoms with Gasteiger partial charge in [-0.1, -0.05) is 12.1 Å². The SMILES string of the molecule is O=C1CCC(N2Cc3cc(CN4CCC(C5CNCCO5)CC4)ccc3C2=O)C(=O)N1. The van der Waals surface area contributed by atoms with Gasteiger partial charge in [0.1, 0.15) is 6.04 Å². The van der Waals surface area contributed by atoms with E-state index in [1.807, 2.05) is 12.1 Å². The van der Waals surface area contributed by atoms with Crippen LogP contribution in [0.1, 0.15) is 47.2 Å². The van der Waals surface area contributed by atoms with E-state index in [2.05, 4.69) is 21.6 Å². The maximum Gasteiger partial charge on any atom is 0.255 e. The van der Waals surface area contributed by atoms with E-state index >= 15 is 0 Å². The molecule has 8 heteroatoms. The van der Waals surface area contributed by atoms with E-state index in [4.69, 9.17) is 4.74 Å². The number of rotatable bonds is 4. The van der Waals surface area contributed by atoms with Crippen LogP contribution < -0.4 is 10.6 Å². The standard InChI is InChI=1S/C23H30N4O4/c28-21-4-3-19(22(29)25-21)27-14-17-11-15(1-2-18(17)23(27)30)13-26-8-5-16(6-9-26)20-12-24-7-10-31-20/h1-2,11,16,19-20,24H,3-10,12-14H2,(H,25,28,29). The summed E-state index contributed by atoms with van der Waals surface area (Å²) in [4.78, 5) is 40.6. The Morgan fingerprint density at radius 2 is 1.94 bits per heavy atom. The molecule has 2 atom stereocenters. The summed E-state index contributed by atoms with van der Waals surface area (Å²) in [6.07, 6.45) is 3.32. The van der Waals surface area contributed by atoms with Gasteiger partial charge in [-0.2, -0.15) is 0 Å². The van der Waals surface area contributed by atoms with Crippen LogP contribution in [-0.2, 0) is 27.4 Å². The van der Waals surface area contributed by atoms with Crippen LogP contribution in [-0.4, -0.2) is 72.5 Å². The van der Waals surface area contributed by atoms with Gasteiger partial charge in [0.2, 0.25) is 11.8 Å². The molecular formula is C23H30N4O4. The number of benzene rings is 1. The molecule has 0 bridgehead atoms. The lowest BCUT2D eigenvalue weighted by Gasteiger charge is -2.37. The van der Waals surface area contributed by atoms with E-state index in [1.165, 1.54) is 5.56 Å². The fraction of sp³-hybridized carbons (Fsp3) is 0.609. The summed E-state index contributed by atoms with van der Waals surface area (Å²) < 4.78 is 5.94. The van der Waals surface area contributed by atoms with Crippen LogP contribution in [0.4, 0.5) is 0 Å². The lowest BCUT2D eigenvalue weighted by Crippen LogP contribution is -2.52.